The second kappa shape index (κ2) is 6.57. The molecular formula is C21H20N2O2. The number of anilines is 1. The Labute approximate surface area is 146 Å². The fourth-order valence-corrected chi connectivity index (χ4v) is 3.42. The maximum absolute atomic E-state index is 13.1. The van der Waals surface area contributed by atoms with Gasteiger partial charge in [0.1, 0.15) is 0 Å². The summed E-state index contributed by atoms with van der Waals surface area (Å²) < 4.78 is 5.36. The molecule has 0 aliphatic carbocycles. The van der Waals surface area contributed by atoms with Crippen LogP contribution in [0.25, 0.3) is 21.9 Å². The summed E-state index contributed by atoms with van der Waals surface area (Å²) in [5.74, 6) is -0.0238. The van der Waals surface area contributed by atoms with Gasteiger partial charge < -0.3 is 15.4 Å². The molecule has 1 amide bonds. The predicted molar refractivity (Wildman–Crippen MR) is 101 cm³/mol. The van der Waals surface area contributed by atoms with Crippen molar-refractivity contribution < 1.29 is 9.53 Å². The van der Waals surface area contributed by atoms with Gasteiger partial charge in [0.15, 0.2) is 0 Å². The minimum absolute atomic E-state index is 0.0238. The van der Waals surface area contributed by atoms with Crippen molar-refractivity contribution in [3.8, 4) is 11.1 Å². The van der Waals surface area contributed by atoms with Crippen LogP contribution < -0.4 is 5.73 Å². The van der Waals surface area contributed by atoms with Gasteiger partial charge in [0, 0.05) is 18.8 Å². The van der Waals surface area contributed by atoms with Gasteiger partial charge in [-0.15, -0.1) is 0 Å². The van der Waals surface area contributed by atoms with Crippen molar-refractivity contribution in [1.29, 1.82) is 0 Å². The molecule has 4 nitrogen and oxygen atoms in total. The number of carbonyl (C=O) groups excluding carboxylic acids is 1. The number of hydrogen-bond acceptors (Lipinski definition) is 3. The number of nitrogen functional groups attached to an aromatic ring is 1. The van der Waals surface area contributed by atoms with Crippen LogP contribution in [0.3, 0.4) is 0 Å². The zero-order valence-electron chi connectivity index (χ0n) is 13.9. The summed E-state index contributed by atoms with van der Waals surface area (Å²) in [7, 11) is 0. The van der Waals surface area contributed by atoms with E-state index in [0.29, 0.717) is 37.6 Å². The van der Waals surface area contributed by atoms with Gasteiger partial charge in [-0.3, -0.25) is 4.79 Å². The number of rotatable bonds is 2. The van der Waals surface area contributed by atoms with Crippen molar-refractivity contribution in [2.45, 2.75) is 0 Å². The van der Waals surface area contributed by atoms with Gasteiger partial charge in [-0.1, -0.05) is 54.6 Å². The first-order valence-corrected chi connectivity index (χ1v) is 8.49. The number of benzene rings is 3. The molecule has 0 aromatic heterocycles. The maximum Gasteiger partial charge on any atom is 0.256 e. The highest BCUT2D eigenvalue weighted by Crippen LogP contribution is 2.34. The molecule has 4 rings (SSSR count). The number of ether oxygens (including phenoxy) is 1. The molecule has 2 N–H and O–H groups in total. The number of carbonyl (C=O) groups is 1. The van der Waals surface area contributed by atoms with E-state index >= 15 is 0 Å². The van der Waals surface area contributed by atoms with Gasteiger partial charge in [-0.05, 0) is 28.0 Å². The van der Waals surface area contributed by atoms with Crippen molar-refractivity contribution in [3.63, 3.8) is 0 Å². The third-order valence-electron chi connectivity index (χ3n) is 4.69. The van der Waals surface area contributed by atoms with E-state index in [-0.39, 0.29) is 5.91 Å². The van der Waals surface area contributed by atoms with Gasteiger partial charge in [-0.25, -0.2) is 0 Å². The number of amides is 1. The summed E-state index contributed by atoms with van der Waals surface area (Å²) in [4.78, 5) is 15.0. The number of nitrogens with zero attached hydrogens (tertiary/aromatic N) is 1. The average Bonchev–Trinajstić information content (AvgIpc) is 2.67. The van der Waals surface area contributed by atoms with Crippen molar-refractivity contribution >= 4 is 22.4 Å². The normalized spacial score (nSPS) is 14.6. The van der Waals surface area contributed by atoms with E-state index in [1.807, 2.05) is 41.3 Å². The lowest BCUT2D eigenvalue weighted by Gasteiger charge is -2.28. The molecule has 0 spiro atoms. The predicted octanol–water partition coefficient (Wildman–Crippen LogP) is 3.56. The smallest absolute Gasteiger partial charge is 0.256 e. The highest BCUT2D eigenvalue weighted by Gasteiger charge is 2.24. The molecule has 0 radical (unpaired) electrons. The molecular weight excluding hydrogens is 312 g/mol. The van der Waals surface area contributed by atoms with Crippen molar-refractivity contribution in [2.24, 2.45) is 0 Å². The van der Waals surface area contributed by atoms with Gasteiger partial charge in [0.25, 0.3) is 5.91 Å². The Balaban J connectivity index is 1.88. The van der Waals surface area contributed by atoms with Gasteiger partial charge >= 0.3 is 0 Å². The zero-order chi connectivity index (χ0) is 17.2. The Hall–Kier alpha value is -2.85. The standard InChI is InChI=1S/C21H20N2O2/c22-19-10-4-9-18(20(19)21(24)23-11-13-25-14-12-23)17-8-3-6-15-5-1-2-7-16(15)17/h1-10H,11-14,22H2. The van der Waals surface area contributed by atoms with Crippen LogP contribution in [-0.2, 0) is 4.74 Å². The summed E-state index contributed by atoms with van der Waals surface area (Å²) in [6.07, 6.45) is 0. The lowest BCUT2D eigenvalue weighted by molar-refractivity contribution is 0.0304. The second-order valence-corrected chi connectivity index (χ2v) is 6.20. The first kappa shape index (κ1) is 15.7. The van der Waals surface area contributed by atoms with Crippen LogP contribution in [0, 0.1) is 0 Å². The van der Waals surface area contributed by atoms with E-state index < -0.39 is 0 Å². The molecule has 3 aromatic carbocycles. The minimum atomic E-state index is -0.0238. The molecule has 1 fully saturated rings. The average molecular weight is 332 g/mol. The van der Waals surface area contributed by atoms with Crippen LogP contribution in [0.15, 0.2) is 60.7 Å². The summed E-state index contributed by atoms with van der Waals surface area (Å²) in [6.45, 7) is 2.34. The number of fused-ring (bicyclic) bond motifs is 1. The minimum Gasteiger partial charge on any atom is -0.398 e. The van der Waals surface area contributed by atoms with E-state index in [1.165, 1.54) is 0 Å². The maximum atomic E-state index is 13.1. The van der Waals surface area contributed by atoms with E-state index in [4.69, 9.17) is 10.5 Å². The molecule has 0 atom stereocenters. The first-order chi connectivity index (χ1) is 12.3. The van der Waals surface area contributed by atoms with Crippen LogP contribution in [0.5, 0.6) is 0 Å². The summed E-state index contributed by atoms with van der Waals surface area (Å²) >= 11 is 0. The highest BCUT2D eigenvalue weighted by molar-refractivity contribution is 6.09. The van der Waals surface area contributed by atoms with Crippen molar-refractivity contribution in [3.05, 3.63) is 66.2 Å². The van der Waals surface area contributed by atoms with Gasteiger partial charge in [0.2, 0.25) is 0 Å². The molecule has 1 heterocycles. The lowest BCUT2D eigenvalue weighted by atomic mass is 9.93. The summed E-state index contributed by atoms with van der Waals surface area (Å²) in [6, 6.07) is 20.0. The molecule has 0 saturated carbocycles. The third-order valence-corrected chi connectivity index (χ3v) is 4.69. The van der Waals surface area contributed by atoms with Crippen LogP contribution in [0.4, 0.5) is 5.69 Å². The lowest BCUT2D eigenvalue weighted by Crippen LogP contribution is -2.41. The van der Waals surface area contributed by atoms with Crippen LogP contribution >= 0.6 is 0 Å². The third kappa shape index (κ3) is 2.85. The van der Waals surface area contributed by atoms with E-state index in [9.17, 15) is 4.79 Å². The Morgan fingerprint density at radius 2 is 1.56 bits per heavy atom. The molecule has 126 valence electrons. The first-order valence-electron chi connectivity index (χ1n) is 8.49. The Morgan fingerprint density at radius 3 is 2.40 bits per heavy atom. The fourth-order valence-electron chi connectivity index (χ4n) is 3.42. The topological polar surface area (TPSA) is 55.6 Å². The second-order valence-electron chi connectivity index (χ2n) is 6.20. The molecule has 25 heavy (non-hydrogen) atoms. The molecule has 1 aliphatic rings. The Bertz CT molecular complexity index is 925. The van der Waals surface area contributed by atoms with E-state index in [0.717, 1.165) is 21.9 Å². The molecule has 0 bridgehead atoms. The zero-order valence-corrected chi connectivity index (χ0v) is 13.9. The van der Waals surface area contributed by atoms with Crippen molar-refractivity contribution in [2.75, 3.05) is 32.0 Å². The summed E-state index contributed by atoms with van der Waals surface area (Å²) in [5, 5.41) is 2.26. The monoisotopic (exact) mass is 332 g/mol. The van der Waals surface area contributed by atoms with Crippen molar-refractivity contribution in [1.82, 2.24) is 4.90 Å². The number of morpholine rings is 1. The van der Waals surface area contributed by atoms with Crippen LogP contribution in [0.2, 0.25) is 0 Å². The molecule has 1 aliphatic heterocycles. The molecule has 1 saturated heterocycles. The number of hydrogen-bond donors (Lipinski definition) is 1. The largest absolute Gasteiger partial charge is 0.398 e. The quantitative estimate of drug-likeness (QED) is 0.730. The van der Waals surface area contributed by atoms with Crippen LogP contribution in [0.1, 0.15) is 10.4 Å². The van der Waals surface area contributed by atoms with E-state index in [2.05, 4.69) is 18.2 Å². The SMILES string of the molecule is Nc1cccc(-c2cccc3ccccc23)c1C(=O)N1CCOCC1. The van der Waals surface area contributed by atoms with Crippen LogP contribution in [-0.4, -0.2) is 37.1 Å². The molecule has 0 unspecified atom stereocenters. The number of nitrogens with two attached hydrogens (primary N) is 1. The molecule has 4 heteroatoms. The van der Waals surface area contributed by atoms with Gasteiger partial charge in [0.05, 0.1) is 18.8 Å². The van der Waals surface area contributed by atoms with E-state index in [1.54, 1.807) is 6.07 Å². The van der Waals surface area contributed by atoms with Gasteiger partial charge in [-0.2, -0.15) is 0 Å². The fraction of sp³-hybridized carbons (Fsp3) is 0.190. The Kier molecular flexibility index (Phi) is 4.12. The Morgan fingerprint density at radius 1 is 0.880 bits per heavy atom. The molecule has 3 aromatic rings. The summed E-state index contributed by atoms with van der Waals surface area (Å²) in [5.41, 5.74) is 9.24. The highest BCUT2D eigenvalue weighted by atomic mass is 16.5.